The van der Waals surface area contributed by atoms with E-state index in [2.05, 4.69) is 36.4 Å². The van der Waals surface area contributed by atoms with E-state index in [0.29, 0.717) is 0 Å². The van der Waals surface area contributed by atoms with Gasteiger partial charge in [0.25, 0.3) is 0 Å². The van der Waals surface area contributed by atoms with Crippen molar-refractivity contribution < 1.29 is 0 Å². The normalized spacial score (nSPS) is 21.5. The lowest BCUT2D eigenvalue weighted by molar-refractivity contribution is 0.254. The largest absolute Gasteiger partial charge is 0.330 e. The monoisotopic (exact) mass is 285 g/mol. The Balaban J connectivity index is 1.84. The molecular formula is C18H20ClN. The molecule has 20 heavy (non-hydrogen) atoms. The highest BCUT2D eigenvalue weighted by Gasteiger charge is 2.33. The third-order valence-corrected chi connectivity index (χ3v) is 4.79. The zero-order valence-corrected chi connectivity index (χ0v) is 12.4. The molecule has 0 heterocycles. The third-order valence-electron chi connectivity index (χ3n) is 4.53. The summed E-state index contributed by atoms with van der Waals surface area (Å²) < 4.78 is 0. The molecule has 1 unspecified atom stereocenters. The van der Waals surface area contributed by atoms with Gasteiger partial charge < -0.3 is 5.73 Å². The minimum atomic E-state index is 0.197. The van der Waals surface area contributed by atoms with Crippen molar-refractivity contribution in [3.8, 4) is 0 Å². The van der Waals surface area contributed by atoms with Crippen LogP contribution < -0.4 is 5.73 Å². The number of rotatable bonds is 3. The predicted molar refractivity (Wildman–Crippen MR) is 85.1 cm³/mol. The minimum absolute atomic E-state index is 0.197. The maximum absolute atomic E-state index is 6.15. The van der Waals surface area contributed by atoms with E-state index >= 15 is 0 Å². The van der Waals surface area contributed by atoms with Crippen LogP contribution in [0.1, 0.15) is 23.1 Å². The van der Waals surface area contributed by atoms with Gasteiger partial charge in [-0.1, -0.05) is 48.0 Å². The lowest BCUT2D eigenvalue weighted by atomic mass is 9.68. The summed E-state index contributed by atoms with van der Waals surface area (Å²) >= 11 is 5.97. The number of nitrogens with two attached hydrogens (primary N) is 1. The zero-order chi connectivity index (χ0) is 14.0. The Bertz CT molecular complexity index is 591. The lowest BCUT2D eigenvalue weighted by Crippen LogP contribution is -2.38. The van der Waals surface area contributed by atoms with Gasteiger partial charge in [-0.25, -0.2) is 0 Å². The van der Waals surface area contributed by atoms with Crippen LogP contribution in [0.15, 0.2) is 48.5 Å². The van der Waals surface area contributed by atoms with Crippen molar-refractivity contribution in [2.45, 2.75) is 25.7 Å². The summed E-state index contributed by atoms with van der Waals surface area (Å²) in [5, 5.41) is 0.796. The quantitative estimate of drug-likeness (QED) is 0.906. The van der Waals surface area contributed by atoms with E-state index in [9.17, 15) is 0 Å². The molecule has 2 heteroatoms. The van der Waals surface area contributed by atoms with Crippen molar-refractivity contribution in [2.75, 3.05) is 6.54 Å². The van der Waals surface area contributed by atoms with Crippen LogP contribution >= 0.6 is 11.6 Å². The standard InChI is InChI=1S/C18H20ClN/c19-17-7-5-14(6-8-17)11-18(13-20)10-9-15-3-1-2-4-16(15)12-18/h1-8H,9-13,20H2. The minimum Gasteiger partial charge on any atom is -0.330 e. The van der Waals surface area contributed by atoms with Gasteiger partial charge in [0.15, 0.2) is 0 Å². The van der Waals surface area contributed by atoms with Crippen molar-refractivity contribution in [1.82, 2.24) is 0 Å². The van der Waals surface area contributed by atoms with Gasteiger partial charge >= 0.3 is 0 Å². The van der Waals surface area contributed by atoms with E-state index < -0.39 is 0 Å². The van der Waals surface area contributed by atoms with Crippen LogP contribution in [0.2, 0.25) is 5.02 Å². The molecule has 0 aromatic heterocycles. The number of hydrogen-bond acceptors (Lipinski definition) is 1. The van der Waals surface area contributed by atoms with E-state index in [-0.39, 0.29) is 5.41 Å². The van der Waals surface area contributed by atoms with Crippen LogP contribution in [-0.2, 0) is 19.3 Å². The smallest absolute Gasteiger partial charge is 0.0406 e. The van der Waals surface area contributed by atoms with Crippen molar-refractivity contribution >= 4 is 11.6 Å². The Morgan fingerprint density at radius 3 is 2.40 bits per heavy atom. The average molecular weight is 286 g/mol. The number of halogens is 1. The molecule has 0 saturated heterocycles. The maximum Gasteiger partial charge on any atom is 0.0406 e. The lowest BCUT2D eigenvalue weighted by Gasteiger charge is -2.37. The summed E-state index contributed by atoms with van der Waals surface area (Å²) in [6, 6.07) is 17.0. The Morgan fingerprint density at radius 1 is 1.00 bits per heavy atom. The van der Waals surface area contributed by atoms with E-state index in [4.69, 9.17) is 17.3 Å². The van der Waals surface area contributed by atoms with Crippen LogP contribution in [-0.4, -0.2) is 6.54 Å². The molecule has 1 nitrogen and oxygen atoms in total. The first-order chi connectivity index (χ1) is 9.71. The Kier molecular flexibility index (Phi) is 3.82. The molecule has 1 aliphatic carbocycles. The number of benzene rings is 2. The molecule has 2 aromatic carbocycles. The summed E-state index contributed by atoms with van der Waals surface area (Å²) in [5.41, 5.74) is 10.6. The first-order valence-electron chi connectivity index (χ1n) is 7.22. The van der Waals surface area contributed by atoms with Crippen LogP contribution in [0.25, 0.3) is 0 Å². The molecule has 104 valence electrons. The summed E-state index contributed by atoms with van der Waals surface area (Å²) in [6.07, 6.45) is 4.43. The fraction of sp³-hybridized carbons (Fsp3) is 0.333. The predicted octanol–water partition coefficient (Wildman–Crippen LogP) is 4.02. The molecule has 0 saturated carbocycles. The molecule has 0 aliphatic heterocycles. The van der Waals surface area contributed by atoms with Gasteiger partial charge in [0.1, 0.15) is 0 Å². The summed E-state index contributed by atoms with van der Waals surface area (Å²) in [7, 11) is 0. The molecular weight excluding hydrogens is 266 g/mol. The van der Waals surface area contributed by atoms with E-state index in [0.717, 1.165) is 30.8 Å². The second-order valence-electron chi connectivity index (χ2n) is 5.95. The first kappa shape index (κ1) is 13.7. The molecule has 0 radical (unpaired) electrons. The van der Waals surface area contributed by atoms with Gasteiger partial charge in [0.05, 0.1) is 0 Å². The van der Waals surface area contributed by atoms with E-state index in [1.54, 1.807) is 0 Å². The van der Waals surface area contributed by atoms with Gasteiger partial charge in [-0.3, -0.25) is 0 Å². The Hall–Kier alpha value is -1.31. The molecule has 0 bridgehead atoms. The summed E-state index contributed by atoms with van der Waals surface area (Å²) in [4.78, 5) is 0. The Labute approximate surface area is 125 Å². The van der Waals surface area contributed by atoms with Crippen molar-refractivity contribution in [1.29, 1.82) is 0 Å². The fourth-order valence-electron chi connectivity index (χ4n) is 3.30. The van der Waals surface area contributed by atoms with Crippen LogP contribution in [0.4, 0.5) is 0 Å². The highest BCUT2D eigenvalue weighted by molar-refractivity contribution is 6.30. The molecule has 3 rings (SSSR count). The zero-order valence-electron chi connectivity index (χ0n) is 11.6. The van der Waals surface area contributed by atoms with E-state index in [1.165, 1.54) is 23.1 Å². The topological polar surface area (TPSA) is 26.0 Å². The second kappa shape index (κ2) is 5.59. The van der Waals surface area contributed by atoms with Gasteiger partial charge in [0, 0.05) is 5.02 Å². The first-order valence-corrected chi connectivity index (χ1v) is 7.60. The van der Waals surface area contributed by atoms with Gasteiger partial charge in [-0.05, 0) is 66.5 Å². The van der Waals surface area contributed by atoms with E-state index in [1.807, 2.05) is 12.1 Å². The summed E-state index contributed by atoms with van der Waals surface area (Å²) in [6.45, 7) is 0.740. The fourth-order valence-corrected chi connectivity index (χ4v) is 3.42. The maximum atomic E-state index is 6.15. The van der Waals surface area contributed by atoms with Crippen molar-refractivity contribution in [2.24, 2.45) is 11.1 Å². The van der Waals surface area contributed by atoms with Crippen LogP contribution in [0.5, 0.6) is 0 Å². The Morgan fingerprint density at radius 2 is 1.70 bits per heavy atom. The average Bonchev–Trinajstić information content (AvgIpc) is 2.49. The third kappa shape index (κ3) is 2.74. The van der Waals surface area contributed by atoms with Crippen molar-refractivity contribution in [3.05, 3.63) is 70.2 Å². The molecule has 2 aromatic rings. The highest BCUT2D eigenvalue weighted by Crippen LogP contribution is 2.37. The summed E-state index contributed by atoms with van der Waals surface area (Å²) in [5.74, 6) is 0. The number of fused-ring (bicyclic) bond motifs is 1. The van der Waals surface area contributed by atoms with Crippen molar-refractivity contribution in [3.63, 3.8) is 0 Å². The molecule has 0 amide bonds. The second-order valence-corrected chi connectivity index (χ2v) is 6.39. The number of hydrogen-bond donors (Lipinski definition) is 1. The van der Waals surface area contributed by atoms with Gasteiger partial charge in [0.2, 0.25) is 0 Å². The number of aryl methyl sites for hydroxylation is 1. The van der Waals surface area contributed by atoms with Gasteiger partial charge in [-0.15, -0.1) is 0 Å². The molecule has 0 spiro atoms. The molecule has 0 fully saturated rings. The highest BCUT2D eigenvalue weighted by atomic mass is 35.5. The van der Waals surface area contributed by atoms with Crippen LogP contribution in [0.3, 0.4) is 0 Å². The SMILES string of the molecule is NCC1(Cc2ccc(Cl)cc2)CCc2ccccc2C1. The molecule has 2 N–H and O–H groups in total. The molecule has 1 atom stereocenters. The van der Waals surface area contributed by atoms with Gasteiger partial charge in [-0.2, -0.15) is 0 Å². The van der Waals surface area contributed by atoms with Crippen LogP contribution in [0, 0.1) is 5.41 Å². The molecule has 1 aliphatic rings.